The van der Waals surface area contributed by atoms with Crippen LogP contribution in [0.4, 0.5) is 0 Å². The van der Waals surface area contributed by atoms with E-state index in [0.29, 0.717) is 0 Å². The molecule has 0 atom stereocenters. The van der Waals surface area contributed by atoms with Crippen LogP contribution in [-0.2, 0) is 11.8 Å². The number of nitrogens with one attached hydrogen (secondary N) is 1. The fourth-order valence-electron chi connectivity index (χ4n) is 3.19. The largest absolute Gasteiger partial charge is 0.315 e. The summed E-state index contributed by atoms with van der Waals surface area (Å²) < 4.78 is 0. The van der Waals surface area contributed by atoms with Gasteiger partial charge in [0.1, 0.15) is 0 Å². The van der Waals surface area contributed by atoms with Gasteiger partial charge in [-0.3, -0.25) is 0 Å². The fraction of sp³-hybridized carbons (Fsp3) is 0.333. The third-order valence-corrected chi connectivity index (χ3v) is 4.86. The van der Waals surface area contributed by atoms with Crippen LogP contribution in [0.1, 0.15) is 22.3 Å². The predicted octanol–water partition coefficient (Wildman–Crippen LogP) is 4.04. The first kappa shape index (κ1) is 13.7. The summed E-state index contributed by atoms with van der Waals surface area (Å²) in [5, 5.41) is 4.32. The van der Waals surface area contributed by atoms with Crippen molar-refractivity contribution < 1.29 is 0 Å². The Labute approximate surface area is 126 Å². The molecule has 0 spiro atoms. The van der Waals surface area contributed by atoms with Gasteiger partial charge in [0.25, 0.3) is 0 Å². The molecule has 0 amide bonds. The zero-order chi connectivity index (χ0) is 14.2. The number of hydrogen-bond acceptors (Lipinski definition) is 1. The number of aryl methyl sites for hydroxylation is 2. The molecule has 0 bridgehead atoms. The second-order valence-corrected chi connectivity index (χ2v) is 6.32. The highest BCUT2D eigenvalue weighted by Gasteiger charge is 2.40. The molecule has 20 heavy (non-hydrogen) atoms. The van der Waals surface area contributed by atoms with Gasteiger partial charge in [0, 0.05) is 23.5 Å². The minimum atomic E-state index is 0.148. The van der Waals surface area contributed by atoms with E-state index in [1.54, 1.807) is 0 Å². The van der Waals surface area contributed by atoms with Crippen LogP contribution < -0.4 is 5.32 Å². The lowest BCUT2D eigenvalue weighted by molar-refractivity contribution is 0.274. The molecule has 1 aliphatic rings. The summed E-state index contributed by atoms with van der Waals surface area (Å²) in [4.78, 5) is 0. The first-order valence-corrected chi connectivity index (χ1v) is 7.51. The highest BCUT2D eigenvalue weighted by atomic mass is 35.5. The van der Waals surface area contributed by atoms with E-state index < -0.39 is 0 Å². The van der Waals surface area contributed by atoms with Crippen molar-refractivity contribution in [3.63, 3.8) is 0 Å². The van der Waals surface area contributed by atoms with E-state index in [4.69, 9.17) is 11.6 Å². The average Bonchev–Trinajstić information content (AvgIpc) is 2.38. The van der Waals surface area contributed by atoms with Crippen LogP contribution in [0.25, 0.3) is 0 Å². The average molecular weight is 286 g/mol. The Hall–Kier alpha value is -1.31. The molecular formula is C18H20ClN. The molecule has 2 aromatic carbocycles. The van der Waals surface area contributed by atoms with Crippen LogP contribution in [0.15, 0.2) is 42.5 Å². The van der Waals surface area contributed by atoms with Gasteiger partial charge in [0.2, 0.25) is 0 Å². The quantitative estimate of drug-likeness (QED) is 0.897. The summed E-state index contributed by atoms with van der Waals surface area (Å²) in [6.07, 6.45) is 1.06. The molecule has 0 unspecified atom stereocenters. The molecular weight excluding hydrogens is 266 g/mol. The highest BCUT2D eigenvalue weighted by molar-refractivity contribution is 6.31. The van der Waals surface area contributed by atoms with E-state index in [-0.39, 0.29) is 5.41 Å². The number of rotatable bonds is 3. The second kappa shape index (κ2) is 5.23. The SMILES string of the molecule is Cc1cccc(C)c1CC1(c2ccccc2Cl)CNC1. The van der Waals surface area contributed by atoms with Gasteiger partial charge in [-0.15, -0.1) is 0 Å². The lowest BCUT2D eigenvalue weighted by Gasteiger charge is -2.44. The van der Waals surface area contributed by atoms with Gasteiger partial charge in [-0.05, 0) is 48.6 Å². The summed E-state index contributed by atoms with van der Waals surface area (Å²) in [5.41, 5.74) is 5.65. The van der Waals surface area contributed by atoms with E-state index in [0.717, 1.165) is 24.5 Å². The van der Waals surface area contributed by atoms with Crippen molar-refractivity contribution in [1.29, 1.82) is 0 Å². The van der Waals surface area contributed by atoms with Gasteiger partial charge in [0.05, 0.1) is 0 Å². The van der Waals surface area contributed by atoms with Gasteiger partial charge < -0.3 is 5.32 Å². The van der Waals surface area contributed by atoms with Gasteiger partial charge in [-0.25, -0.2) is 0 Å². The summed E-state index contributed by atoms with van der Waals surface area (Å²) in [6, 6.07) is 14.8. The molecule has 2 aromatic rings. The van der Waals surface area contributed by atoms with E-state index in [1.807, 2.05) is 12.1 Å². The number of halogens is 1. The Balaban J connectivity index is 2.01. The van der Waals surface area contributed by atoms with E-state index in [1.165, 1.54) is 22.3 Å². The maximum Gasteiger partial charge on any atom is 0.0444 e. The molecule has 0 aliphatic carbocycles. The van der Waals surface area contributed by atoms with Crippen molar-refractivity contribution in [2.75, 3.05) is 13.1 Å². The topological polar surface area (TPSA) is 12.0 Å². The lowest BCUT2D eigenvalue weighted by atomic mass is 9.70. The smallest absolute Gasteiger partial charge is 0.0444 e. The van der Waals surface area contributed by atoms with Crippen LogP contribution in [-0.4, -0.2) is 13.1 Å². The molecule has 1 N–H and O–H groups in total. The Morgan fingerprint density at radius 2 is 1.65 bits per heavy atom. The van der Waals surface area contributed by atoms with Crippen LogP contribution >= 0.6 is 11.6 Å². The van der Waals surface area contributed by atoms with Gasteiger partial charge in [-0.2, -0.15) is 0 Å². The van der Waals surface area contributed by atoms with Crippen molar-refractivity contribution in [3.05, 3.63) is 69.7 Å². The van der Waals surface area contributed by atoms with Gasteiger partial charge in [0.15, 0.2) is 0 Å². The van der Waals surface area contributed by atoms with Crippen molar-refractivity contribution >= 4 is 11.6 Å². The molecule has 0 radical (unpaired) electrons. The molecule has 1 fully saturated rings. The molecule has 1 nitrogen and oxygen atoms in total. The van der Waals surface area contributed by atoms with Crippen LogP contribution in [0, 0.1) is 13.8 Å². The lowest BCUT2D eigenvalue weighted by Crippen LogP contribution is -2.58. The van der Waals surface area contributed by atoms with Crippen molar-refractivity contribution in [2.45, 2.75) is 25.7 Å². The predicted molar refractivity (Wildman–Crippen MR) is 85.6 cm³/mol. The van der Waals surface area contributed by atoms with Crippen molar-refractivity contribution in [1.82, 2.24) is 5.32 Å². The van der Waals surface area contributed by atoms with E-state index in [2.05, 4.69) is 49.5 Å². The maximum atomic E-state index is 6.44. The molecule has 1 saturated heterocycles. The van der Waals surface area contributed by atoms with Crippen LogP contribution in [0.2, 0.25) is 5.02 Å². The summed E-state index contributed by atoms with van der Waals surface area (Å²) in [7, 11) is 0. The Morgan fingerprint density at radius 1 is 1.00 bits per heavy atom. The first-order chi connectivity index (χ1) is 9.62. The zero-order valence-electron chi connectivity index (χ0n) is 12.0. The molecule has 1 heterocycles. The summed E-state index contributed by atoms with van der Waals surface area (Å²) >= 11 is 6.44. The van der Waals surface area contributed by atoms with Crippen molar-refractivity contribution in [2.24, 2.45) is 0 Å². The molecule has 1 aliphatic heterocycles. The van der Waals surface area contributed by atoms with E-state index in [9.17, 15) is 0 Å². The third kappa shape index (κ3) is 2.25. The Kier molecular flexibility index (Phi) is 3.57. The zero-order valence-corrected chi connectivity index (χ0v) is 12.8. The maximum absolute atomic E-state index is 6.44. The first-order valence-electron chi connectivity index (χ1n) is 7.13. The van der Waals surface area contributed by atoms with Crippen molar-refractivity contribution in [3.8, 4) is 0 Å². The number of hydrogen-bond donors (Lipinski definition) is 1. The molecule has 104 valence electrons. The van der Waals surface area contributed by atoms with Crippen LogP contribution in [0.3, 0.4) is 0 Å². The number of benzene rings is 2. The summed E-state index contributed by atoms with van der Waals surface area (Å²) in [6.45, 7) is 6.42. The van der Waals surface area contributed by atoms with E-state index >= 15 is 0 Å². The molecule has 2 heteroatoms. The second-order valence-electron chi connectivity index (χ2n) is 5.91. The van der Waals surface area contributed by atoms with Gasteiger partial charge >= 0.3 is 0 Å². The monoisotopic (exact) mass is 285 g/mol. The Morgan fingerprint density at radius 3 is 2.20 bits per heavy atom. The van der Waals surface area contributed by atoms with Crippen LogP contribution in [0.5, 0.6) is 0 Å². The van der Waals surface area contributed by atoms with Gasteiger partial charge in [-0.1, -0.05) is 48.0 Å². The molecule has 0 saturated carbocycles. The third-order valence-electron chi connectivity index (χ3n) is 4.53. The standard InChI is InChI=1S/C18H20ClN/c1-13-6-5-7-14(2)15(13)10-18(11-20-12-18)16-8-3-4-9-17(16)19/h3-9,20H,10-12H2,1-2H3. The highest BCUT2D eigenvalue weighted by Crippen LogP contribution is 2.37. The molecule has 3 rings (SSSR count). The minimum absolute atomic E-state index is 0.148. The fourth-order valence-corrected chi connectivity index (χ4v) is 3.53. The normalized spacial score (nSPS) is 16.8. The summed E-state index contributed by atoms with van der Waals surface area (Å²) in [5.74, 6) is 0. The minimum Gasteiger partial charge on any atom is -0.315 e. The Bertz CT molecular complexity index is 609. The molecule has 0 aromatic heterocycles.